The Hall–Kier alpha value is -2.56. The zero-order valence-electron chi connectivity index (χ0n) is 14.3. The molecule has 1 aromatic heterocycles. The van der Waals surface area contributed by atoms with Gasteiger partial charge in [0.25, 0.3) is 5.91 Å². The molecule has 1 aliphatic rings. The highest BCUT2D eigenvalue weighted by Gasteiger charge is 2.20. The van der Waals surface area contributed by atoms with Crippen molar-refractivity contribution in [3.05, 3.63) is 52.5 Å². The minimum absolute atomic E-state index is 0.166. The van der Waals surface area contributed by atoms with E-state index in [-0.39, 0.29) is 11.8 Å². The van der Waals surface area contributed by atoms with Gasteiger partial charge in [-0.25, -0.2) is 0 Å². The molecule has 0 atom stereocenters. The van der Waals surface area contributed by atoms with Crippen LogP contribution in [0.5, 0.6) is 0 Å². The lowest BCUT2D eigenvalue weighted by Crippen LogP contribution is -2.35. The standard InChI is InChI=1S/C19H22N2O3/c1-4-18(22)21-8-7-14-5-6-16(10-15(14)11-21)20-19(23)17-9-12(2)24-13(17)3/h5-6,9-10H,4,7-8,11H2,1-3H3,(H,20,23). The summed E-state index contributed by atoms with van der Waals surface area (Å²) in [4.78, 5) is 26.2. The highest BCUT2D eigenvalue weighted by Crippen LogP contribution is 2.24. The van der Waals surface area contributed by atoms with Gasteiger partial charge in [0.15, 0.2) is 0 Å². The van der Waals surface area contributed by atoms with Crippen LogP contribution in [0.25, 0.3) is 0 Å². The second-order valence-corrected chi connectivity index (χ2v) is 6.18. The number of rotatable bonds is 3. The molecule has 0 spiro atoms. The number of carbonyl (C=O) groups is 2. The van der Waals surface area contributed by atoms with Crippen molar-refractivity contribution in [3.63, 3.8) is 0 Å². The van der Waals surface area contributed by atoms with Crippen molar-refractivity contribution in [1.82, 2.24) is 4.90 Å². The lowest BCUT2D eigenvalue weighted by molar-refractivity contribution is -0.131. The van der Waals surface area contributed by atoms with E-state index >= 15 is 0 Å². The predicted octanol–water partition coefficient (Wildman–Crippen LogP) is 3.44. The largest absolute Gasteiger partial charge is 0.466 e. The fourth-order valence-electron chi connectivity index (χ4n) is 3.13. The average molecular weight is 326 g/mol. The van der Waals surface area contributed by atoms with E-state index in [0.717, 1.165) is 30.0 Å². The number of carbonyl (C=O) groups excluding carboxylic acids is 2. The lowest BCUT2D eigenvalue weighted by atomic mass is 9.98. The number of amides is 2. The Balaban J connectivity index is 1.78. The summed E-state index contributed by atoms with van der Waals surface area (Å²) in [5, 5.41) is 2.92. The third-order valence-electron chi connectivity index (χ3n) is 4.42. The van der Waals surface area contributed by atoms with Gasteiger partial charge in [-0.3, -0.25) is 9.59 Å². The lowest BCUT2D eigenvalue weighted by Gasteiger charge is -2.29. The minimum Gasteiger partial charge on any atom is -0.466 e. The van der Waals surface area contributed by atoms with Crippen molar-refractivity contribution in [3.8, 4) is 0 Å². The molecule has 0 radical (unpaired) electrons. The molecule has 2 heterocycles. The smallest absolute Gasteiger partial charge is 0.259 e. The number of furan rings is 1. The van der Waals surface area contributed by atoms with Gasteiger partial charge in [-0.2, -0.15) is 0 Å². The van der Waals surface area contributed by atoms with Gasteiger partial charge in [0.2, 0.25) is 5.91 Å². The number of anilines is 1. The van der Waals surface area contributed by atoms with Crippen LogP contribution >= 0.6 is 0 Å². The molecule has 2 aromatic rings. The van der Waals surface area contributed by atoms with Crippen LogP contribution in [-0.2, 0) is 17.8 Å². The maximum absolute atomic E-state index is 12.4. The number of nitrogens with one attached hydrogen (secondary N) is 1. The zero-order chi connectivity index (χ0) is 17.3. The van der Waals surface area contributed by atoms with Crippen molar-refractivity contribution in [2.24, 2.45) is 0 Å². The van der Waals surface area contributed by atoms with Crippen LogP contribution < -0.4 is 5.32 Å². The maximum Gasteiger partial charge on any atom is 0.259 e. The van der Waals surface area contributed by atoms with Gasteiger partial charge < -0.3 is 14.6 Å². The summed E-state index contributed by atoms with van der Waals surface area (Å²) in [5.74, 6) is 1.32. The quantitative estimate of drug-likeness (QED) is 0.940. The Morgan fingerprint density at radius 2 is 2.00 bits per heavy atom. The molecule has 1 N–H and O–H groups in total. The number of fused-ring (bicyclic) bond motifs is 1. The second kappa shape index (κ2) is 6.51. The minimum atomic E-state index is -0.179. The molecule has 1 aromatic carbocycles. The molecule has 0 aliphatic carbocycles. The van der Waals surface area contributed by atoms with Gasteiger partial charge >= 0.3 is 0 Å². The molecule has 1 aliphatic heterocycles. The number of hydrogen-bond donors (Lipinski definition) is 1. The molecular formula is C19H22N2O3. The molecule has 3 rings (SSSR count). The summed E-state index contributed by atoms with van der Waals surface area (Å²) in [6.07, 6.45) is 1.38. The summed E-state index contributed by atoms with van der Waals surface area (Å²) < 4.78 is 5.41. The van der Waals surface area contributed by atoms with E-state index in [9.17, 15) is 9.59 Å². The SMILES string of the molecule is CCC(=O)N1CCc2ccc(NC(=O)c3cc(C)oc3C)cc2C1. The monoisotopic (exact) mass is 326 g/mol. The van der Waals surface area contributed by atoms with Crippen LogP contribution in [0.2, 0.25) is 0 Å². The molecule has 24 heavy (non-hydrogen) atoms. The summed E-state index contributed by atoms with van der Waals surface area (Å²) in [6, 6.07) is 7.65. The van der Waals surface area contributed by atoms with Crippen molar-refractivity contribution in [1.29, 1.82) is 0 Å². The highest BCUT2D eigenvalue weighted by atomic mass is 16.3. The Bertz CT molecular complexity index is 792. The van der Waals surface area contributed by atoms with E-state index < -0.39 is 0 Å². The van der Waals surface area contributed by atoms with Crippen molar-refractivity contribution in [2.45, 2.75) is 40.2 Å². The van der Waals surface area contributed by atoms with Crippen LogP contribution in [0.3, 0.4) is 0 Å². The van der Waals surface area contributed by atoms with Crippen molar-refractivity contribution < 1.29 is 14.0 Å². The fraction of sp³-hybridized carbons (Fsp3) is 0.368. The molecule has 0 unspecified atom stereocenters. The van der Waals surface area contributed by atoms with Crippen molar-refractivity contribution >= 4 is 17.5 Å². The van der Waals surface area contributed by atoms with E-state index in [0.29, 0.717) is 24.3 Å². The van der Waals surface area contributed by atoms with Crippen LogP contribution in [0.15, 0.2) is 28.7 Å². The number of aryl methyl sites for hydroxylation is 2. The third-order valence-corrected chi connectivity index (χ3v) is 4.42. The van der Waals surface area contributed by atoms with Gasteiger partial charge in [0.05, 0.1) is 5.56 Å². The summed E-state index contributed by atoms with van der Waals surface area (Å²) in [5.41, 5.74) is 3.63. The molecule has 5 heteroatoms. The number of hydrogen-bond acceptors (Lipinski definition) is 3. The molecule has 0 saturated heterocycles. The van der Waals surface area contributed by atoms with E-state index in [1.165, 1.54) is 5.56 Å². The Morgan fingerprint density at radius 1 is 1.21 bits per heavy atom. The molecule has 0 saturated carbocycles. The summed E-state index contributed by atoms with van der Waals surface area (Å²) in [6.45, 7) is 6.85. The van der Waals surface area contributed by atoms with E-state index in [2.05, 4.69) is 5.32 Å². The summed E-state index contributed by atoms with van der Waals surface area (Å²) >= 11 is 0. The first-order valence-electron chi connectivity index (χ1n) is 8.26. The zero-order valence-corrected chi connectivity index (χ0v) is 14.3. The molecule has 5 nitrogen and oxygen atoms in total. The molecule has 0 bridgehead atoms. The number of nitrogens with zero attached hydrogens (tertiary/aromatic N) is 1. The molecular weight excluding hydrogens is 304 g/mol. The first kappa shape index (κ1) is 16.3. The average Bonchev–Trinajstić information content (AvgIpc) is 2.92. The molecule has 126 valence electrons. The fourth-order valence-corrected chi connectivity index (χ4v) is 3.13. The Morgan fingerprint density at radius 3 is 2.67 bits per heavy atom. The first-order chi connectivity index (χ1) is 11.5. The Kier molecular flexibility index (Phi) is 4.42. The van der Waals surface area contributed by atoms with Crippen LogP contribution in [0.1, 0.15) is 46.3 Å². The van der Waals surface area contributed by atoms with E-state index in [4.69, 9.17) is 4.42 Å². The highest BCUT2D eigenvalue weighted by molar-refractivity contribution is 6.05. The first-order valence-corrected chi connectivity index (χ1v) is 8.26. The van der Waals surface area contributed by atoms with Gasteiger partial charge in [-0.1, -0.05) is 13.0 Å². The molecule has 2 amide bonds. The van der Waals surface area contributed by atoms with Crippen LogP contribution in [-0.4, -0.2) is 23.3 Å². The predicted molar refractivity (Wildman–Crippen MR) is 92.0 cm³/mol. The molecule has 0 fully saturated rings. The van der Waals surface area contributed by atoms with Gasteiger partial charge in [-0.15, -0.1) is 0 Å². The number of benzene rings is 1. The normalized spacial score (nSPS) is 13.5. The van der Waals surface area contributed by atoms with E-state index in [1.807, 2.05) is 36.9 Å². The summed E-state index contributed by atoms with van der Waals surface area (Å²) in [7, 11) is 0. The van der Waals surface area contributed by atoms with Gasteiger partial charge in [0, 0.05) is 25.2 Å². The second-order valence-electron chi connectivity index (χ2n) is 6.18. The van der Waals surface area contributed by atoms with Crippen molar-refractivity contribution in [2.75, 3.05) is 11.9 Å². The van der Waals surface area contributed by atoms with Crippen LogP contribution in [0, 0.1) is 13.8 Å². The van der Waals surface area contributed by atoms with Gasteiger partial charge in [0.1, 0.15) is 11.5 Å². The topological polar surface area (TPSA) is 62.6 Å². The van der Waals surface area contributed by atoms with E-state index in [1.54, 1.807) is 13.0 Å². The van der Waals surface area contributed by atoms with Crippen LogP contribution in [0.4, 0.5) is 5.69 Å². The maximum atomic E-state index is 12.4. The van der Waals surface area contributed by atoms with Gasteiger partial charge in [-0.05, 0) is 49.6 Å². The third kappa shape index (κ3) is 3.20. The Labute approximate surface area is 141 Å².